The van der Waals surface area contributed by atoms with Crippen LogP contribution in [-0.2, 0) is 4.74 Å². The van der Waals surface area contributed by atoms with Crippen molar-refractivity contribution in [3.8, 4) is 28.4 Å². The van der Waals surface area contributed by atoms with Crippen molar-refractivity contribution in [1.82, 2.24) is 19.9 Å². The van der Waals surface area contributed by atoms with Crippen LogP contribution in [0.5, 0.6) is 0 Å². The van der Waals surface area contributed by atoms with E-state index in [0.29, 0.717) is 59.8 Å². The van der Waals surface area contributed by atoms with Crippen molar-refractivity contribution in [2.24, 2.45) is 0 Å². The van der Waals surface area contributed by atoms with Gasteiger partial charge in [0.2, 0.25) is 0 Å². The van der Waals surface area contributed by atoms with Crippen LogP contribution in [0.15, 0.2) is 80.8 Å². The monoisotopic (exact) mass is 574 g/mol. The first kappa shape index (κ1) is 23.9. The van der Waals surface area contributed by atoms with E-state index in [1.807, 2.05) is 24.3 Å². The molecule has 2 aromatic heterocycles. The quantitative estimate of drug-likeness (QED) is 0.218. The lowest BCUT2D eigenvalue weighted by molar-refractivity contribution is -0.384. The van der Waals surface area contributed by atoms with E-state index in [1.165, 1.54) is 12.4 Å². The minimum Gasteiger partial charge on any atom is -0.378 e. The molecule has 1 aliphatic rings. The van der Waals surface area contributed by atoms with Crippen LogP contribution in [0.25, 0.3) is 39.2 Å². The van der Waals surface area contributed by atoms with Crippen LogP contribution in [0.1, 0.15) is 0 Å². The minimum atomic E-state index is -0.506. The molecule has 12 heteroatoms. The third-order valence-electron chi connectivity index (χ3n) is 6.34. The molecule has 190 valence electrons. The molecule has 38 heavy (non-hydrogen) atoms. The maximum absolute atomic E-state index is 13.7. The van der Waals surface area contributed by atoms with Crippen LogP contribution in [0.3, 0.4) is 0 Å². The second-order valence-electron chi connectivity index (χ2n) is 8.62. The van der Waals surface area contributed by atoms with Gasteiger partial charge >= 0.3 is 0 Å². The predicted octanol–water partition coefficient (Wildman–Crippen LogP) is 4.61. The number of aromatic nitrogens is 4. The fourth-order valence-corrected chi connectivity index (χ4v) is 5.06. The van der Waals surface area contributed by atoms with Crippen molar-refractivity contribution >= 4 is 38.1 Å². The van der Waals surface area contributed by atoms with Crippen molar-refractivity contribution in [2.75, 3.05) is 31.2 Å². The standard InChI is InChI=1S/C26H19BrN6O5/c27-18-12-16(11-17(13-18)25-28-15-29-38-25)24-20-3-1-2-4-21(20)26(34)32(30-24)23-14-19(5-6-22(23)33(35)36)31-7-9-37-10-8-31/h1-6,11-15H,7-10H2. The lowest BCUT2D eigenvalue weighted by Gasteiger charge is -2.29. The van der Waals surface area contributed by atoms with E-state index in [9.17, 15) is 14.9 Å². The van der Waals surface area contributed by atoms with Gasteiger partial charge in [0.05, 0.1) is 29.2 Å². The van der Waals surface area contributed by atoms with E-state index in [-0.39, 0.29) is 11.4 Å². The van der Waals surface area contributed by atoms with Gasteiger partial charge in [0.15, 0.2) is 6.33 Å². The second kappa shape index (κ2) is 9.80. The van der Waals surface area contributed by atoms with Crippen molar-refractivity contribution in [2.45, 2.75) is 0 Å². The van der Waals surface area contributed by atoms with Gasteiger partial charge in [0.1, 0.15) is 5.69 Å². The molecule has 0 spiro atoms. The number of morpholine rings is 1. The molecule has 5 aromatic rings. The van der Waals surface area contributed by atoms with Gasteiger partial charge < -0.3 is 14.2 Å². The zero-order chi connectivity index (χ0) is 26.2. The van der Waals surface area contributed by atoms with Crippen molar-refractivity contribution < 1.29 is 14.2 Å². The molecule has 0 unspecified atom stereocenters. The molecule has 0 saturated carbocycles. The summed E-state index contributed by atoms with van der Waals surface area (Å²) < 4.78 is 12.5. The molecule has 0 N–H and O–H groups in total. The van der Waals surface area contributed by atoms with Gasteiger partial charge in [-0.05, 0) is 36.4 Å². The van der Waals surface area contributed by atoms with Gasteiger partial charge in [-0.15, -0.1) is 0 Å². The van der Waals surface area contributed by atoms with Crippen molar-refractivity contribution in [3.63, 3.8) is 0 Å². The topological polar surface area (TPSA) is 129 Å². The summed E-state index contributed by atoms with van der Waals surface area (Å²) in [6.07, 6.45) is 1.31. The number of nitro groups is 1. The van der Waals surface area contributed by atoms with Crippen LogP contribution >= 0.6 is 15.9 Å². The van der Waals surface area contributed by atoms with E-state index in [1.54, 1.807) is 30.3 Å². The van der Waals surface area contributed by atoms with Gasteiger partial charge in [-0.25, -0.2) is 0 Å². The van der Waals surface area contributed by atoms with Crippen LogP contribution in [0.4, 0.5) is 11.4 Å². The summed E-state index contributed by atoms with van der Waals surface area (Å²) in [6.45, 7) is 2.38. The number of hydrogen-bond acceptors (Lipinski definition) is 9. The van der Waals surface area contributed by atoms with E-state index < -0.39 is 10.5 Å². The first-order chi connectivity index (χ1) is 18.5. The maximum Gasteiger partial charge on any atom is 0.295 e. The highest BCUT2D eigenvalue weighted by molar-refractivity contribution is 9.10. The van der Waals surface area contributed by atoms with Crippen LogP contribution in [0, 0.1) is 10.1 Å². The molecule has 1 fully saturated rings. The molecular formula is C26H19BrN6O5. The first-order valence-electron chi connectivity index (χ1n) is 11.7. The minimum absolute atomic E-state index is 0.0862. The lowest BCUT2D eigenvalue weighted by Crippen LogP contribution is -2.36. The maximum atomic E-state index is 13.7. The molecule has 3 heterocycles. The average molecular weight is 575 g/mol. The Kier molecular flexibility index (Phi) is 6.18. The summed E-state index contributed by atoms with van der Waals surface area (Å²) in [5, 5.41) is 21.4. The van der Waals surface area contributed by atoms with E-state index in [0.717, 1.165) is 14.8 Å². The van der Waals surface area contributed by atoms with E-state index in [4.69, 9.17) is 14.4 Å². The lowest BCUT2D eigenvalue weighted by atomic mass is 10.0. The molecule has 0 bridgehead atoms. The van der Waals surface area contributed by atoms with Gasteiger partial charge in [-0.3, -0.25) is 14.9 Å². The summed E-state index contributed by atoms with van der Waals surface area (Å²) in [5.74, 6) is 0.319. The van der Waals surface area contributed by atoms with E-state index >= 15 is 0 Å². The molecular weight excluding hydrogens is 556 g/mol. The van der Waals surface area contributed by atoms with E-state index in [2.05, 4.69) is 31.0 Å². The Balaban J connectivity index is 1.61. The molecule has 0 amide bonds. The van der Waals surface area contributed by atoms with Crippen LogP contribution < -0.4 is 10.5 Å². The summed E-state index contributed by atoms with van der Waals surface area (Å²) in [5.41, 5.74) is 1.92. The number of fused-ring (bicyclic) bond motifs is 1. The molecule has 6 rings (SSSR count). The van der Waals surface area contributed by atoms with Crippen LogP contribution in [0.2, 0.25) is 0 Å². The Labute approximate surface area is 223 Å². The predicted molar refractivity (Wildman–Crippen MR) is 143 cm³/mol. The molecule has 11 nitrogen and oxygen atoms in total. The molecule has 0 atom stereocenters. The second-order valence-corrected chi connectivity index (χ2v) is 9.53. The van der Waals surface area contributed by atoms with Gasteiger partial charge in [-0.1, -0.05) is 39.3 Å². The Hall–Kier alpha value is -4.42. The number of benzene rings is 3. The number of nitro benzene ring substituents is 1. The summed E-state index contributed by atoms with van der Waals surface area (Å²) in [7, 11) is 0. The largest absolute Gasteiger partial charge is 0.378 e. The third kappa shape index (κ3) is 4.33. The number of ether oxygens (including phenoxy) is 1. The Morgan fingerprint density at radius 2 is 1.74 bits per heavy atom. The molecule has 1 saturated heterocycles. The highest BCUT2D eigenvalue weighted by Crippen LogP contribution is 2.33. The van der Waals surface area contributed by atoms with Crippen molar-refractivity contribution in [3.05, 3.63) is 91.9 Å². The van der Waals surface area contributed by atoms with Crippen molar-refractivity contribution in [1.29, 1.82) is 0 Å². The zero-order valence-electron chi connectivity index (χ0n) is 19.8. The number of hydrogen-bond donors (Lipinski definition) is 0. The summed E-state index contributed by atoms with van der Waals surface area (Å²) in [6, 6.07) is 17.3. The number of rotatable bonds is 5. The first-order valence-corrected chi connectivity index (χ1v) is 12.5. The van der Waals surface area contributed by atoms with Gasteiger partial charge in [-0.2, -0.15) is 14.8 Å². The van der Waals surface area contributed by atoms with Gasteiger partial charge in [0, 0.05) is 45.8 Å². The molecule has 0 radical (unpaired) electrons. The molecule has 3 aromatic carbocycles. The fourth-order valence-electron chi connectivity index (χ4n) is 4.57. The average Bonchev–Trinajstić information content (AvgIpc) is 3.49. The Bertz CT molecular complexity index is 1730. The summed E-state index contributed by atoms with van der Waals surface area (Å²) >= 11 is 3.53. The number of halogens is 1. The smallest absolute Gasteiger partial charge is 0.295 e. The normalized spacial score (nSPS) is 13.7. The third-order valence-corrected chi connectivity index (χ3v) is 6.80. The Morgan fingerprint density at radius 3 is 2.47 bits per heavy atom. The summed E-state index contributed by atoms with van der Waals surface area (Å²) in [4.78, 5) is 31.4. The van der Waals surface area contributed by atoms with Crippen LogP contribution in [-0.4, -0.2) is 51.1 Å². The molecule has 0 aliphatic carbocycles. The van der Waals surface area contributed by atoms with Gasteiger partial charge in [0.25, 0.3) is 17.1 Å². The highest BCUT2D eigenvalue weighted by atomic mass is 79.9. The highest BCUT2D eigenvalue weighted by Gasteiger charge is 2.23. The number of anilines is 1. The zero-order valence-corrected chi connectivity index (χ0v) is 21.4. The SMILES string of the molecule is O=c1c2ccccc2c(-c2cc(Br)cc(-c3ncno3)c2)nn1-c1cc(N2CCOCC2)ccc1[N+](=O)[O-]. The molecule has 1 aliphatic heterocycles. The number of nitrogens with zero attached hydrogens (tertiary/aromatic N) is 6. The fraction of sp³-hybridized carbons (Fsp3) is 0.154. The Morgan fingerprint density at radius 1 is 0.974 bits per heavy atom.